The average molecular weight is 507 g/mol. The maximum Gasteiger partial charge on any atom is 0.0718 e. The van der Waals surface area contributed by atoms with E-state index in [4.69, 9.17) is 4.98 Å². The van der Waals surface area contributed by atoms with Crippen LogP contribution in [-0.2, 0) is 5.41 Å². The Hall–Kier alpha value is -4.04. The van der Waals surface area contributed by atoms with Crippen molar-refractivity contribution in [2.45, 2.75) is 57.8 Å². The van der Waals surface area contributed by atoms with E-state index in [0.717, 1.165) is 27.7 Å². The minimum absolute atomic E-state index is 0.122. The van der Waals surface area contributed by atoms with Gasteiger partial charge in [0.05, 0.1) is 11.2 Å². The monoisotopic (exact) mass is 506 g/mol. The summed E-state index contributed by atoms with van der Waals surface area (Å²) in [5.41, 5.74) is 8.66. The largest absolute Gasteiger partial charge is 0.256 e. The standard InChI is InChI=1S/C37H34N2/c1-3-5-19-37(20-6-4-2)31-14-9-12-26-22-30(29-13-10-15-32(37)36(29)35(26)31)27-17-18-34(38-23-27)28-21-25-11-7-8-16-33(25)39-24-28/h7-18,21-24H,3-6,19-20H2,1-2H3. The molecule has 0 saturated heterocycles. The van der Waals surface area contributed by atoms with Gasteiger partial charge >= 0.3 is 0 Å². The Morgan fingerprint density at radius 3 is 2.10 bits per heavy atom. The summed E-state index contributed by atoms with van der Waals surface area (Å²) >= 11 is 0. The predicted molar refractivity (Wildman–Crippen MR) is 165 cm³/mol. The maximum absolute atomic E-state index is 4.92. The molecule has 4 aromatic carbocycles. The predicted octanol–water partition coefficient (Wildman–Crippen LogP) is 10.3. The van der Waals surface area contributed by atoms with Crippen LogP contribution in [0, 0.1) is 0 Å². The molecule has 6 aromatic rings. The Morgan fingerprint density at radius 1 is 0.615 bits per heavy atom. The van der Waals surface area contributed by atoms with Gasteiger partial charge in [-0.3, -0.25) is 9.97 Å². The van der Waals surface area contributed by atoms with Gasteiger partial charge in [-0.1, -0.05) is 100 Å². The number of hydrogen-bond donors (Lipinski definition) is 0. The molecular weight excluding hydrogens is 472 g/mol. The van der Waals surface area contributed by atoms with Gasteiger partial charge in [-0.15, -0.1) is 0 Å². The molecule has 0 fully saturated rings. The lowest BCUT2D eigenvalue weighted by Crippen LogP contribution is -2.25. The lowest BCUT2D eigenvalue weighted by atomic mass is 9.70. The second-order valence-electron chi connectivity index (χ2n) is 11.2. The van der Waals surface area contributed by atoms with Crippen LogP contribution in [0.3, 0.4) is 0 Å². The molecule has 1 aliphatic carbocycles. The Kier molecular flexibility index (Phi) is 5.92. The van der Waals surface area contributed by atoms with Crippen molar-refractivity contribution < 1.29 is 0 Å². The Balaban J connectivity index is 1.38. The number of rotatable bonds is 8. The summed E-state index contributed by atoms with van der Waals surface area (Å²) in [4.78, 5) is 9.57. The minimum atomic E-state index is 0.122. The molecule has 0 saturated carbocycles. The van der Waals surface area contributed by atoms with E-state index in [0.29, 0.717) is 0 Å². The molecule has 1 aliphatic rings. The van der Waals surface area contributed by atoms with Gasteiger partial charge in [-0.25, -0.2) is 0 Å². The van der Waals surface area contributed by atoms with Crippen LogP contribution in [0.1, 0.15) is 63.5 Å². The summed E-state index contributed by atoms with van der Waals surface area (Å²) in [7, 11) is 0. The zero-order valence-electron chi connectivity index (χ0n) is 22.9. The minimum Gasteiger partial charge on any atom is -0.256 e. The molecule has 2 heterocycles. The lowest BCUT2D eigenvalue weighted by molar-refractivity contribution is 0.415. The quantitative estimate of drug-likeness (QED) is 0.192. The van der Waals surface area contributed by atoms with E-state index < -0.39 is 0 Å². The van der Waals surface area contributed by atoms with Crippen molar-refractivity contribution in [1.29, 1.82) is 0 Å². The van der Waals surface area contributed by atoms with E-state index in [1.165, 1.54) is 65.6 Å². The maximum atomic E-state index is 4.92. The number of para-hydroxylation sites is 1. The van der Waals surface area contributed by atoms with Crippen LogP contribution in [0.5, 0.6) is 0 Å². The number of benzene rings is 4. The van der Waals surface area contributed by atoms with Gasteiger partial charge in [-0.2, -0.15) is 0 Å². The first-order valence-electron chi connectivity index (χ1n) is 14.5. The zero-order chi connectivity index (χ0) is 26.4. The van der Waals surface area contributed by atoms with Crippen LogP contribution in [0.25, 0.3) is 54.8 Å². The van der Waals surface area contributed by atoms with Crippen LogP contribution < -0.4 is 0 Å². The highest BCUT2D eigenvalue weighted by Gasteiger charge is 2.41. The van der Waals surface area contributed by atoms with Crippen LogP contribution >= 0.6 is 0 Å². The number of unbranched alkanes of at least 4 members (excludes halogenated alkanes) is 2. The fraction of sp³-hybridized carbons (Fsp3) is 0.243. The number of nitrogens with zero attached hydrogens (tertiary/aromatic N) is 2. The van der Waals surface area contributed by atoms with Crippen LogP contribution in [0.2, 0.25) is 0 Å². The van der Waals surface area contributed by atoms with E-state index >= 15 is 0 Å². The smallest absolute Gasteiger partial charge is 0.0718 e. The molecule has 0 unspecified atom stereocenters. The van der Waals surface area contributed by atoms with Crippen molar-refractivity contribution in [2.75, 3.05) is 0 Å². The number of fused-ring (bicyclic) bond motifs is 1. The van der Waals surface area contributed by atoms with Crippen LogP contribution in [0.15, 0.2) is 97.3 Å². The third-order valence-electron chi connectivity index (χ3n) is 8.91. The normalized spacial score (nSPS) is 13.7. The summed E-state index contributed by atoms with van der Waals surface area (Å²) in [6, 6.07) is 31.2. The summed E-state index contributed by atoms with van der Waals surface area (Å²) < 4.78 is 0. The van der Waals surface area contributed by atoms with Crippen LogP contribution in [0.4, 0.5) is 0 Å². The van der Waals surface area contributed by atoms with Crippen molar-refractivity contribution in [2.24, 2.45) is 0 Å². The van der Waals surface area contributed by atoms with Crippen molar-refractivity contribution >= 4 is 32.4 Å². The molecule has 192 valence electrons. The van der Waals surface area contributed by atoms with Crippen molar-refractivity contribution in [3.63, 3.8) is 0 Å². The molecule has 2 heteroatoms. The highest BCUT2D eigenvalue weighted by molar-refractivity contribution is 6.19. The second-order valence-corrected chi connectivity index (χ2v) is 11.2. The van der Waals surface area contributed by atoms with E-state index in [-0.39, 0.29) is 5.41 Å². The van der Waals surface area contributed by atoms with E-state index in [1.807, 2.05) is 24.5 Å². The molecule has 0 radical (unpaired) electrons. The second kappa shape index (κ2) is 9.61. The lowest BCUT2D eigenvalue weighted by Gasteiger charge is -2.33. The van der Waals surface area contributed by atoms with Gasteiger partial charge < -0.3 is 0 Å². The molecule has 0 N–H and O–H groups in total. The van der Waals surface area contributed by atoms with E-state index in [1.54, 1.807) is 11.1 Å². The first-order valence-corrected chi connectivity index (χ1v) is 14.5. The van der Waals surface area contributed by atoms with Gasteiger partial charge in [-0.05, 0) is 75.3 Å². The fourth-order valence-corrected chi connectivity index (χ4v) is 6.99. The van der Waals surface area contributed by atoms with Crippen LogP contribution in [-0.4, -0.2) is 9.97 Å². The molecule has 2 nitrogen and oxygen atoms in total. The summed E-state index contributed by atoms with van der Waals surface area (Å²) in [5, 5.41) is 6.78. The average Bonchev–Trinajstić information content (AvgIpc) is 3.28. The van der Waals surface area contributed by atoms with E-state index in [9.17, 15) is 0 Å². The molecular formula is C37H34N2. The molecule has 2 aromatic heterocycles. The van der Waals surface area contributed by atoms with Gasteiger partial charge in [0.25, 0.3) is 0 Å². The van der Waals surface area contributed by atoms with Gasteiger partial charge in [0.1, 0.15) is 0 Å². The Bertz CT molecular complexity index is 1820. The van der Waals surface area contributed by atoms with Gasteiger partial charge in [0.15, 0.2) is 0 Å². The zero-order valence-corrected chi connectivity index (χ0v) is 22.9. The topological polar surface area (TPSA) is 25.8 Å². The Labute approximate surface area is 230 Å². The molecule has 0 aliphatic heterocycles. The molecule has 7 rings (SSSR count). The van der Waals surface area contributed by atoms with Crippen molar-refractivity contribution in [3.8, 4) is 22.4 Å². The van der Waals surface area contributed by atoms with E-state index in [2.05, 4.69) is 91.6 Å². The summed E-state index contributed by atoms with van der Waals surface area (Å²) in [6.07, 6.45) is 11.4. The fourth-order valence-electron chi connectivity index (χ4n) is 6.99. The molecule has 39 heavy (non-hydrogen) atoms. The van der Waals surface area contributed by atoms with Crippen molar-refractivity contribution in [1.82, 2.24) is 9.97 Å². The Morgan fingerprint density at radius 2 is 1.33 bits per heavy atom. The molecule has 0 amide bonds. The van der Waals surface area contributed by atoms with Gasteiger partial charge in [0.2, 0.25) is 0 Å². The van der Waals surface area contributed by atoms with Crippen molar-refractivity contribution in [3.05, 3.63) is 108 Å². The molecule has 0 bridgehead atoms. The SMILES string of the molecule is CCCCC1(CCCC)c2cccc3cc(-c4ccc(-c5cnc6ccccc6c5)nc4)c4cccc1c4c23. The highest BCUT2D eigenvalue weighted by Crippen LogP contribution is 2.55. The number of hydrogen-bond acceptors (Lipinski definition) is 2. The summed E-state index contributed by atoms with van der Waals surface area (Å²) in [5.74, 6) is 0. The summed E-state index contributed by atoms with van der Waals surface area (Å²) in [6.45, 7) is 4.64. The molecule has 0 atom stereocenters. The third-order valence-corrected chi connectivity index (χ3v) is 8.91. The highest BCUT2D eigenvalue weighted by atomic mass is 14.7. The number of pyridine rings is 2. The number of aromatic nitrogens is 2. The third kappa shape index (κ3) is 3.77. The molecule has 0 spiro atoms. The first-order chi connectivity index (χ1) is 19.2. The van der Waals surface area contributed by atoms with Gasteiger partial charge in [0, 0.05) is 34.3 Å². The first kappa shape index (κ1) is 24.0.